The fraction of sp³-hybridized carbons (Fsp3) is 0.231. The largest absolute Gasteiger partial charge is 0.494 e. The molecule has 1 aromatic heterocycles. The van der Waals surface area contributed by atoms with E-state index in [1.54, 1.807) is 18.2 Å². The second kappa shape index (κ2) is 4.82. The van der Waals surface area contributed by atoms with E-state index in [1.807, 2.05) is 6.92 Å². The topological polar surface area (TPSA) is 56.5 Å². The Morgan fingerprint density at radius 2 is 2.24 bits per heavy atom. The number of hydrogen-bond donors (Lipinski definition) is 0. The second-order valence-electron chi connectivity index (χ2n) is 3.64. The highest BCUT2D eigenvalue weighted by atomic mass is 16.5. The number of ether oxygens (including phenoxy) is 1. The van der Waals surface area contributed by atoms with Crippen molar-refractivity contribution in [2.75, 3.05) is 6.61 Å². The molecule has 0 spiro atoms. The van der Waals surface area contributed by atoms with Gasteiger partial charge in [0, 0.05) is 0 Å². The van der Waals surface area contributed by atoms with E-state index in [2.05, 4.69) is 0 Å². The molecule has 0 bridgehead atoms. The molecule has 0 N–H and O–H groups in total. The van der Waals surface area contributed by atoms with Crippen molar-refractivity contribution in [2.45, 2.75) is 13.3 Å². The van der Waals surface area contributed by atoms with Crippen molar-refractivity contribution in [1.29, 1.82) is 0 Å². The van der Waals surface area contributed by atoms with Crippen LogP contribution in [0.3, 0.4) is 0 Å². The van der Waals surface area contributed by atoms with Gasteiger partial charge in [-0.25, -0.2) is 0 Å². The summed E-state index contributed by atoms with van der Waals surface area (Å²) in [4.78, 5) is 22.5. The van der Waals surface area contributed by atoms with Gasteiger partial charge in [-0.15, -0.1) is 0 Å². The van der Waals surface area contributed by atoms with Crippen molar-refractivity contribution in [3.63, 3.8) is 0 Å². The van der Waals surface area contributed by atoms with Crippen molar-refractivity contribution < 1.29 is 13.9 Å². The fourth-order valence-corrected chi connectivity index (χ4v) is 1.52. The smallest absolute Gasteiger partial charge is 0.203 e. The van der Waals surface area contributed by atoms with Crippen LogP contribution in [-0.4, -0.2) is 12.9 Å². The Morgan fingerprint density at radius 1 is 1.41 bits per heavy atom. The molecule has 88 valence electrons. The zero-order valence-electron chi connectivity index (χ0n) is 9.43. The van der Waals surface area contributed by atoms with E-state index in [9.17, 15) is 9.59 Å². The van der Waals surface area contributed by atoms with Crippen LogP contribution in [0.1, 0.15) is 23.7 Å². The first kappa shape index (κ1) is 11.4. The van der Waals surface area contributed by atoms with E-state index in [-0.39, 0.29) is 11.0 Å². The third-order valence-corrected chi connectivity index (χ3v) is 2.37. The Labute approximate surface area is 97.8 Å². The molecule has 0 saturated carbocycles. The molecular formula is C13H12O4. The molecule has 0 radical (unpaired) electrons. The van der Waals surface area contributed by atoms with Gasteiger partial charge in [-0.05, 0) is 24.6 Å². The minimum absolute atomic E-state index is 0.0186. The van der Waals surface area contributed by atoms with Gasteiger partial charge in [-0.3, -0.25) is 9.59 Å². The van der Waals surface area contributed by atoms with Gasteiger partial charge in [0.05, 0.1) is 17.6 Å². The van der Waals surface area contributed by atoms with Crippen LogP contribution < -0.4 is 10.2 Å². The molecule has 0 aliphatic rings. The van der Waals surface area contributed by atoms with E-state index < -0.39 is 0 Å². The summed E-state index contributed by atoms with van der Waals surface area (Å²) < 4.78 is 10.6. The number of carbonyl (C=O) groups excluding carboxylic acids is 1. The van der Waals surface area contributed by atoms with Gasteiger partial charge in [0.1, 0.15) is 17.6 Å². The quantitative estimate of drug-likeness (QED) is 0.759. The summed E-state index contributed by atoms with van der Waals surface area (Å²) in [6.07, 6.45) is 2.55. The SMILES string of the molecule is CCCOc1ccc2occ(C=O)c(=O)c2c1. The molecule has 0 atom stereocenters. The van der Waals surface area contributed by atoms with Gasteiger partial charge in [0.25, 0.3) is 0 Å². The minimum Gasteiger partial charge on any atom is -0.494 e. The lowest BCUT2D eigenvalue weighted by atomic mass is 10.2. The van der Waals surface area contributed by atoms with Gasteiger partial charge < -0.3 is 9.15 Å². The Morgan fingerprint density at radius 3 is 2.94 bits per heavy atom. The maximum atomic E-state index is 11.8. The van der Waals surface area contributed by atoms with E-state index in [4.69, 9.17) is 9.15 Å². The van der Waals surface area contributed by atoms with Crippen molar-refractivity contribution >= 4 is 17.3 Å². The molecule has 4 heteroatoms. The van der Waals surface area contributed by atoms with E-state index >= 15 is 0 Å². The van der Waals surface area contributed by atoms with Crippen LogP contribution in [0.15, 0.2) is 33.7 Å². The predicted molar refractivity (Wildman–Crippen MR) is 63.7 cm³/mol. The molecule has 17 heavy (non-hydrogen) atoms. The molecule has 0 amide bonds. The van der Waals surface area contributed by atoms with Crippen LogP contribution in [0, 0.1) is 0 Å². The first-order chi connectivity index (χ1) is 8.26. The first-order valence-corrected chi connectivity index (χ1v) is 5.39. The highest BCUT2D eigenvalue weighted by molar-refractivity contribution is 5.84. The molecule has 0 unspecified atom stereocenters. The van der Waals surface area contributed by atoms with E-state index in [0.29, 0.717) is 29.6 Å². The molecule has 0 aliphatic heterocycles. The van der Waals surface area contributed by atoms with Crippen molar-refractivity contribution in [1.82, 2.24) is 0 Å². The molecule has 0 fully saturated rings. The van der Waals surface area contributed by atoms with Gasteiger partial charge in [-0.1, -0.05) is 6.92 Å². The lowest BCUT2D eigenvalue weighted by Crippen LogP contribution is -2.07. The summed E-state index contributed by atoms with van der Waals surface area (Å²) in [7, 11) is 0. The Bertz CT molecular complexity index is 598. The summed E-state index contributed by atoms with van der Waals surface area (Å²) in [5.41, 5.74) is 0.137. The highest BCUT2D eigenvalue weighted by Gasteiger charge is 2.07. The van der Waals surface area contributed by atoms with Crippen molar-refractivity contribution in [3.8, 4) is 5.75 Å². The van der Waals surface area contributed by atoms with Gasteiger partial charge >= 0.3 is 0 Å². The number of aldehydes is 1. The van der Waals surface area contributed by atoms with Gasteiger partial charge in [0.2, 0.25) is 5.43 Å². The van der Waals surface area contributed by atoms with Crippen molar-refractivity contribution in [2.24, 2.45) is 0 Å². The number of carbonyl (C=O) groups is 1. The summed E-state index contributed by atoms with van der Waals surface area (Å²) in [5.74, 6) is 0.606. The molecular weight excluding hydrogens is 220 g/mol. The van der Waals surface area contributed by atoms with Crippen LogP contribution in [0.5, 0.6) is 5.75 Å². The lowest BCUT2D eigenvalue weighted by Gasteiger charge is -2.05. The average molecular weight is 232 g/mol. The van der Waals surface area contributed by atoms with Gasteiger partial charge in [0.15, 0.2) is 6.29 Å². The van der Waals surface area contributed by atoms with Crippen LogP contribution in [0.25, 0.3) is 11.0 Å². The normalized spacial score (nSPS) is 10.4. The predicted octanol–water partition coefficient (Wildman–Crippen LogP) is 2.39. The molecule has 1 heterocycles. The van der Waals surface area contributed by atoms with Crippen LogP contribution in [-0.2, 0) is 0 Å². The zero-order valence-corrected chi connectivity index (χ0v) is 9.43. The van der Waals surface area contributed by atoms with E-state index in [0.717, 1.165) is 6.42 Å². The van der Waals surface area contributed by atoms with Crippen LogP contribution in [0.4, 0.5) is 0 Å². The minimum atomic E-state index is -0.330. The molecule has 0 aliphatic carbocycles. The highest BCUT2D eigenvalue weighted by Crippen LogP contribution is 2.18. The molecule has 1 aromatic carbocycles. The first-order valence-electron chi connectivity index (χ1n) is 5.39. The fourth-order valence-electron chi connectivity index (χ4n) is 1.52. The number of rotatable bonds is 4. The Hall–Kier alpha value is -2.10. The standard InChI is InChI=1S/C13H12O4/c1-2-5-16-10-3-4-12-11(6-10)13(15)9(7-14)8-17-12/h3-4,6-8H,2,5H2,1H3. The van der Waals surface area contributed by atoms with Crippen LogP contribution in [0.2, 0.25) is 0 Å². The maximum Gasteiger partial charge on any atom is 0.203 e. The Balaban J connectivity index is 2.54. The summed E-state index contributed by atoms with van der Waals surface area (Å²) in [5, 5.41) is 0.364. The number of benzene rings is 1. The Kier molecular flexibility index (Phi) is 3.23. The lowest BCUT2D eigenvalue weighted by molar-refractivity contribution is 0.112. The summed E-state index contributed by atoms with van der Waals surface area (Å²) in [6.45, 7) is 2.59. The third kappa shape index (κ3) is 2.20. The molecule has 2 aromatic rings. The number of hydrogen-bond acceptors (Lipinski definition) is 4. The zero-order chi connectivity index (χ0) is 12.3. The summed E-state index contributed by atoms with van der Waals surface area (Å²) >= 11 is 0. The van der Waals surface area contributed by atoms with Crippen molar-refractivity contribution in [3.05, 3.63) is 40.2 Å². The summed E-state index contributed by atoms with van der Waals surface area (Å²) in [6, 6.07) is 5.00. The second-order valence-corrected chi connectivity index (χ2v) is 3.64. The average Bonchev–Trinajstić information content (AvgIpc) is 2.37. The van der Waals surface area contributed by atoms with Crippen LogP contribution >= 0.6 is 0 Å². The maximum absolute atomic E-state index is 11.8. The monoisotopic (exact) mass is 232 g/mol. The third-order valence-electron chi connectivity index (χ3n) is 2.37. The van der Waals surface area contributed by atoms with Gasteiger partial charge in [-0.2, -0.15) is 0 Å². The molecule has 4 nitrogen and oxygen atoms in total. The molecule has 2 rings (SSSR count). The van der Waals surface area contributed by atoms with E-state index in [1.165, 1.54) is 6.26 Å². The number of fused-ring (bicyclic) bond motifs is 1. The molecule has 0 saturated heterocycles.